The van der Waals surface area contributed by atoms with Crippen LogP contribution in [-0.2, 0) is 25.9 Å². The maximum Gasteiger partial charge on any atom is 0.267 e. The van der Waals surface area contributed by atoms with E-state index < -0.39 is 0 Å². The van der Waals surface area contributed by atoms with Gasteiger partial charge in [-0.15, -0.1) is 0 Å². The normalized spacial score (nSPS) is 18.8. The molecule has 0 radical (unpaired) electrons. The summed E-state index contributed by atoms with van der Waals surface area (Å²) >= 11 is 0. The van der Waals surface area contributed by atoms with Crippen LogP contribution in [0.3, 0.4) is 0 Å². The summed E-state index contributed by atoms with van der Waals surface area (Å²) in [4.78, 5) is 21.3. The van der Waals surface area contributed by atoms with Crippen molar-refractivity contribution in [2.45, 2.75) is 45.7 Å². The number of rotatable bonds is 5. The summed E-state index contributed by atoms with van der Waals surface area (Å²) in [5, 5.41) is 8.45. The van der Waals surface area contributed by atoms with Gasteiger partial charge in [0.25, 0.3) is 5.56 Å². The van der Waals surface area contributed by atoms with Crippen molar-refractivity contribution in [3.8, 4) is 0 Å². The minimum Gasteiger partial charge on any atom is -0.338 e. The first-order valence-corrected chi connectivity index (χ1v) is 9.51. The largest absolute Gasteiger partial charge is 0.338 e. The van der Waals surface area contributed by atoms with Gasteiger partial charge in [-0.1, -0.05) is 5.16 Å². The minimum atomic E-state index is 0.0380. The van der Waals surface area contributed by atoms with E-state index in [2.05, 4.69) is 25.0 Å². The van der Waals surface area contributed by atoms with E-state index >= 15 is 0 Å². The van der Waals surface area contributed by atoms with Gasteiger partial charge in [-0.25, -0.2) is 4.68 Å². The fourth-order valence-electron chi connectivity index (χ4n) is 3.76. The lowest BCUT2D eigenvalue weighted by Gasteiger charge is -2.33. The SMILES string of the molecule is Cc1noc(CN2CCN(CCn3nc4c(cc3=O)CCCC4)CC2)n1. The van der Waals surface area contributed by atoms with E-state index in [0.29, 0.717) is 24.8 Å². The lowest BCUT2D eigenvalue weighted by atomic mass is 9.97. The Morgan fingerprint density at radius 1 is 1.08 bits per heavy atom. The Kier molecular flexibility index (Phi) is 5.12. The molecule has 1 fully saturated rings. The van der Waals surface area contributed by atoms with E-state index in [9.17, 15) is 4.79 Å². The van der Waals surface area contributed by atoms with Crippen molar-refractivity contribution >= 4 is 0 Å². The second kappa shape index (κ2) is 7.67. The van der Waals surface area contributed by atoms with Crippen LogP contribution in [0.25, 0.3) is 0 Å². The molecule has 0 unspecified atom stereocenters. The molecule has 1 aliphatic carbocycles. The summed E-state index contributed by atoms with van der Waals surface area (Å²) in [7, 11) is 0. The van der Waals surface area contributed by atoms with E-state index in [1.165, 1.54) is 12.8 Å². The van der Waals surface area contributed by atoms with Crippen LogP contribution in [0.2, 0.25) is 0 Å². The van der Waals surface area contributed by atoms with Crippen LogP contribution in [-0.4, -0.2) is 62.4 Å². The van der Waals surface area contributed by atoms with E-state index in [0.717, 1.165) is 56.8 Å². The molecule has 2 aliphatic rings. The summed E-state index contributed by atoms with van der Waals surface area (Å²) in [5.74, 6) is 1.36. The first-order chi connectivity index (χ1) is 12.7. The van der Waals surface area contributed by atoms with Crippen LogP contribution in [0.5, 0.6) is 0 Å². The quantitative estimate of drug-likeness (QED) is 0.775. The van der Waals surface area contributed by atoms with Crippen molar-refractivity contribution in [1.82, 2.24) is 29.7 Å². The Labute approximate surface area is 152 Å². The molecule has 2 aromatic heterocycles. The minimum absolute atomic E-state index is 0.0380. The van der Waals surface area contributed by atoms with Crippen LogP contribution in [0.15, 0.2) is 15.4 Å². The average molecular weight is 358 g/mol. The highest BCUT2D eigenvalue weighted by Crippen LogP contribution is 2.16. The molecule has 1 saturated heterocycles. The molecule has 140 valence electrons. The van der Waals surface area contributed by atoms with Crippen LogP contribution >= 0.6 is 0 Å². The second-order valence-electron chi connectivity index (χ2n) is 7.24. The molecule has 8 heteroatoms. The van der Waals surface area contributed by atoms with Crippen molar-refractivity contribution in [2.24, 2.45) is 0 Å². The number of aryl methyl sites for hydroxylation is 3. The van der Waals surface area contributed by atoms with Gasteiger partial charge in [0.1, 0.15) is 0 Å². The summed E-state index contributed by atoms with van der Waals surface area (Å²) in [6, 6.07) is 1.80. The molecule has 26 heavy (non-hydrogen) atoms. The van der Waals surface area contributed by atoms with Gasteiger partial charge in [0.15, 0.2) is 5.82 Å². The molecule has 2 aromatic rings. The number of fused-ring (bicyclic) bond motifs is 1. The summed E-state index contributed by atoms with van der Waals surface area (Å²) < 4.78 is 6.85. The first-order valence-electron chi connectivity index (χ1n) is 9.51. The van der Waals surface area contributed by atoms with Gasteiger partial charge >= 0.3 is 0 Å². The van der Waals surface area contributed by atoms with Crippen LogP contribution in [0.4, 0.5) is 0 Å². The van der Waals surface area contributed by atoms with Crippen molar-refractivity contribution in [1.29, 1.82) is 0 Å². The highest BCUT2D eigenvalue weighted by Gasteiger charge is 2.19. The van der Waals surface area contributed by atoms with Crippen molar-refractivity contribution in [3.05, 3.63) is 39.4 Å². The Balaban J connectivity index is 1.28. The maximum atomic E-state index is 12.3. The smallest absolute Gasteiger partial charge is 0.267 e. The van der Waals surface area contributed by atoms with Gasteiger partial charge in [0.2, 0.25) is 5.89 Å². The third kappa shape index (κ3) is 4.02. The molecule has 0 N–H and O–H groups in total. The highest BCUT2D eigenvalue weighted by atomic mass is 16.5. The van der Waals surface area contributed by atoms with Gasteiger partial charge in [-0.2, -0.15) is 10.1 Å². The van der Waals surface area contributed by atoms with Crippen molar-refractivity contribution in [3.63, 3.8) is 0 Å². The fourth-order valence-corrected chi connectivity index (χ4v) is 3.76. The fraction of sp³-hybridized carbons (Fsp3) is 0.667. The lowest BCUT2D eigenvalue weighted by Crippen LogP contribution is -2.47. The third-order valence-corrected chi connectivity index (χ3v) is 5.30. The summed E-state index contributed by atoms with van der Waals surface area (Å²) in [6.07, 6.45) is 4.36. The van der Waals surface area contributed by atoms with Gasteiger partial charge in [-0.3, -0.25) is 14.6 Å². The Hall–Kier alpha value is -2.06. The molecule has 0 atom stereocenters. The number of piperazine rings is 1. The van der Waals surface area contributed by atoms with Crippen LogP contribution in [0.1, 0.15) is 35.8 Å². The number of aromatic nitrogens is 4. The van der Waals surface area contributed by atoms with Gasteiger partial charge in [0.05, 0.1) is 18.8 Å². The monoisotopic (exact) mass is 358 g/mol. The Morgan fingerprint density at radius 3 is 2.62 bits per heavy atom. The summed E-state index contributed by atoms with van der Waals surface area (Å²) in [6.45, 7) is 7.96. The molecular weight excluding hydrogens is 332 g/mol. The predicted octanol–water partition coefficient (Wildman–Crippen LogP) is 0.631. The van der Waals surface area contributed by atoms with E-state index in [-0.39, 0.29) is 5.56 Å². The molecule has 3 heterocycles. The number of hydrogen-bond donors (Lipinski definition) is 0. The Morgan fingerprint density at radius 2 is 1.85 bits per heavy atom. The molecule has 0 saturated carbocycles. The third-order valence-electron chi connectivity index (χ3n) is 5.30. The van der Waals surface area contributed by atoms with E-state index in [4.69, 9.17) is 4.52 Å². The molecular formula is C18H26N6O2. The molecule has 8 nitrogen and oxygen atoms in total. The molecule has 0 bridgehead atoms. The maximum absolute atomic E-state index is 12.3. The second-order valence-corrected chi connectivity index (χ2v) is 7.24. The zero-order chi connectivity index (χ0) is 17.9. The number of nitrogens with zero attached hydrogens (tertiary/aromatic N) is 6. The predicted molar refractivity (Wildman–Crippen MR) is 95.9 cm³/mol. The number of hydrogen-bond acceptors (Lipinski definition) is 7. The molecule has 0 amide bonds. The zero-order valence-corrected chi connectivity index (χ0v) is 15.4. The zero-order valence-electron chi connectivity index (χ0n) is 15.4. The van der Waals surface area contributed by atoms with Crippen molar-refractivity contribution < 1.29 is 4.52 Å². The average Bonchev–Trinajstić information content (AvgIpc) is 3.06. The first kappa shape index (κ1) is 17.4. The van der Waals surface area contributed by atoms with Crippen molar-refractivity contribution in [2.75, 3.05) is 32.7 Å². The lowest BCUT2D eigenvalue weighted by molar-refractivity contribution is 0.113. The van der Waals surface area contributed by atoms with E-state index in [1.807, 2.05) is 6.92 Å². The standard InChI is InChI=1S/C18H26N6O2/c1-14-19-17(26-21-14)13-23-8-6-22(7-9-23)10-11-24-18(25)12-15-4-2-3-5-16(15)20-24/h12H,2-11,13H2,1H3. The molecule has 4 rings (SSSR count). The molecule has 0 aromatic carbocycles. The highest BCUT2D eigenvalue weighted by molar-refractivity contribution is 5.20. The van der Waals surface area contributed by atoms with Gasteiger partial charge in [0, 0.05) is 38.8 Å². The molecule has 0 spiro atoms. The topological polar surface area (TPSA) is 80.3 Å². The van der Waals surface area contributed by atoms with Crippen LogP contribution < -0.4 is 5.56 Å². The Bertz CT molecular complexity index is 806. The van der Waals surface area contributed by atoms with Crippen LogP contribution in [0, 0.1) is 6.92 Å². The molecule has 1 aliphatic heterocycles. The van der Waals surface area contributed by atoms with Gasteiger partial charge < -0.3 is 4.52 Å². The van der Waals surface area contributed by atoms with E-state index in [1.54, 1.807) is 10.7 Å². The summed E-state index contributed by atoms with van der Waals surface area (Å²) in [5.41, 5.74) is 2.31. The van der Waals surface area contributed by atoms with Gasteiger partial charge in [-0.05, 0) is 38.2 Å².